The molecule has 0 radical (unpaired) electrons. The van der Waals surface area contributed by atoms with E-state index in [9.17, 15) is 9.59 Å². The highest BCUT2D eigenvalue weighted by atomic mass is 32.1. The molecule has 0 spiro atoms. The van der Waals surface area contributed by atoms with Gasteiger partial charge in [-0.1, -0.05) is 0 Å². The standard InChI is InChI=1S/C17H20N2O3S/c1-12-4-5-14(23-12)11-18-16(20)13-6-8-19(9-7-13)17(21)15-3-2-10-22-15/h2-5,10,13H,6-9,11H2,1H3,(H,18,20). The number of rotatable bonds is 4. The Hall–Kier alpha value is -2.08. The van der Waals surface area contributed by atoms with Gasteiger partial charge >= 0.3 is 0 Å². The third kappa shape index (κ3) is 3.82. The van der Waals surface area contributed by atoms with Crippen LogP contribution in [0.2, 0.25) is 0 Å². The highest BCUT2D eigenvalue weighted by Crippen LogP contribution is 2.20. The Morgan fingerprint density at radius 1 is 1.30 bits per heavy atom. The van der Waals surface area contributed by atoms with Crippen molar-refractivity contribution in [3.05, 3.63) is 46.0 Å². The molecular weight excluding hydrogens is 312 g/mol. The predicted molar refractivity (Wildman–Crippen MR) is 88.2 cm³/mol. The van der Waals surface area contributed by atoms with E-state index in [1.165, 1.54) is 16.0 Å². The van der Waals surface area contributed by atoms with E-state index in [0.717, 1.165) is 0 Å². The second-order valence-electron chi connectivity index (χ2n) is 5.77. The number of aryl methyl sites for hydroxylation is 1. The number of carbonyl (C=O) groups excluding carboxylic acids is 2. The SMILES string of the molecule is Cc1ccc(CNC(=O)C2CCN(C(=O)c3ccco3)CC2)s1. The third-order valence-corrected chi connectivity index (χ3v) is 5.12. The Labute approximate surface area is 139 Å². The number of thiophene rings is 1. The van der Waals surface area contributed by atoms with E-state index in [1.54, 1.807) is 28.4 Å². The quantitative estimate of drug-likeness (QED) is 0.936. The van der Waals surface area contributed by atoms with Gasteiger partial charge in [0.05, 0.1) is 12.8 Å². The van der Waals surface area contributed by atoms with E-state index < -0.39 is 0 Å². The van der Waals surface area contributed by atoms with Crippen molar-refractivity contribution >= 4 is 23.2 Å². The molecule has 23 heavy (non-hydrogen) atoms. The van der Waals surface area contributed by atoms with Gasteiger partial charge in [0.25, 0.3) is 5.91 Å². The van der Waals surface area contributed by atoms with Crippen LogP contribution in [0.1, 0.15) is 33.2 Å². The molecule has 3 heterocycles. The van der Waals surface area contributed by atoms with Crippen LogP contribution in [0.15, 0.2) is 34.9 Å². The van der Waals surface area contributed by atoms with E-state index in [2.05, 4.69) is 18.3 Å². The summed E-state index contributed by atoms with van der Waals surface area (Å²) in [4.78, 5) is 28.6. The molecule has 0 atom stereocenters. The van der Waals surface area contributed by atoms with Crippen molar-refractivity contribution in [1.82, 2.24) is 10.2 Å². The molecule has 0 aliphatic carbocycles. The molecule has 0 bridgehead atoms. The van der Waals surface area contributed by atoms with Gasteiger partial charge in [-0.05, 0) is 44.0 Å². The van der Waals surface area contributed by atoms with Crippen LogP contribution in [0, 0.1) is 12.8 Å². The number of hydrogen-bond donors (Lipinski definition) is 1. The maximum absolute atomic E-state index is 12.3. The number of carbonyl (C=O) groups is 2. The van der Waals surface area contributed by atoms with Crippen LogP contribution >= 0.6 is 11.3 Å². The maximum atomic E-state index is 12.3. The maximum Gasteiger partial charge on any atom is 0.289 e. The number of likely N-dealkylation sites (tertiary alicyclic amines) is 1. The molecule has 2 amide bonds. The largest absolute Gasteiger partial charge is 0.459 e. The smallest absolute Gasteiger partial charge is 0.289 e. The Balaban J connectivity index is 1.46. The lowest BCUT2D eigenvalue weighted by Crippen LogP contribution is -2.42. The highest BCUT2D eigenvalue weighted by molar-refractivity contribution is 7.11. The number of hydrogen-bond acceptors (Lipinski definition) is 4. The summed E-state index contributed by atoms with van der Waals surface area (Å²) in [5.74, 6) is 0.335. The Kier molecular flexibility index (Phi) is 4.81. The molecule has 122 valence electrons. The van der Waals surface area contributed by atoms with Gasteiger partial charge in [0.15, 0.2) is 5.76 Å². The topological polar surface area (TPSA) is 62.6 Å². The van der Waals surface area contributed by atoms with Crippen LogP contribution in [0.4, 0.5) is 0 Å². The van der Waals surface area contributed by atoms with Crippen molar-refractivity contribution in [3.63, 3.8) is 0 Å². The minimum Gasteiger partial charge on any atom is -0.459 e. The van der Waals surface area contributed by atoms with Crippen LogP contribution in [-0.4, -0.2) is 29.8 Å². The summed E-state index contributed by atoms with van der Waals surface area (Å²) in [6, 6.07) is 7.49. The molecule has 0 aromatic carbocycles. The third-order valence-electron chi connectivity index (χ3n) is 4.12. The molecule has 2 aromatic heterocycles. The molecular formula is C17H20N2O3S. The number of piperidine rings is 1. The molecule has 2 aromatic rings. The van der Waals surface area contributed by atoms with Gasteiger partial charge in [-0.15, -0.1) is 11.3 Å². The van der Waals surface area contributed by atoms with E-state index in [-0.39, 0.29) is 17.7 Å². The molecule has 3 rings (SSSR count). The average Bonchev–Trinajstić information content (AvgIpc) is 3.24. The van der Waals surface area contributed by atoms with Crippen molar-refractivity contribution in [2.24, 2.45) is 5.92 Å². The van der Waals surface area contributed by atoms with Gasteiger partial charge in [0.2, 0.25) is 5.91 Å². The molecule has 1 aliphatic rings. The monoisotopic (exact) mass is 332 g/mol. The summed E-state index contributed by atoms with van der Waals surface area (Å²) in [6.45, 7) is 3.83. The molecule has 0 saturated carbocycles. The zero-order valence-electron chi connectivity index (χ0n) is 13.1. The van der Waals surface area contributed by atoms with E-state index in [0.29, 0.717) is 38.2 Å². The van der Waals surface area contributed by atoms with Gasteiger partial charge in [-0.2, -0.15) is 0 Å². The molecule has 1 N–H and O–H groups in total. The Bertz CT molecular complexity index is 670. The fourth-order valence-corrected chi connectivity index (χ4v) is 3.63. The minimum absolute atomic E-state index is 0.0169. The van der Waals surface area contributed by atoms with E-state index in [1.807, 2.05) is 6.07 Å². The van der Waals surface area contributed by atoms with Crippen LogP contribution in [0.25, 0.3) is 0 Å². The van der Waals surface area contributed by atoms with Crippen LogP contribution in [0.5, 0.6) is 0 Å². The van der Waals surface area contributed by atoms with Gasteiger partial charge in [-0.3, -0.25) is 9.59 Å². The van der Waals surface area contributed by atoms with Crippen molar-refractivity contribution in [3.8, 4) is 0 Å². The number of amides is 2. The van der Waals surface area contributed by atoms with Gasteiger partial charge in [-0.25, -0.2) is 0 Å². The second kappa shape index (κ2) is 7.00. The van der Waals surface area contributed by atoms with E-state index in [4.69, 9.17) is 4.42 Å². The normalized spacial score (nSPS) is 15.6. The van der Waals surface area contributed by atoms with Crippen LogP contribution in [0.3, 0.4) is 0 Å². The predicted octanol–water partition coefficient (Wildman–Crippen LogP) is 2.82. The fraction of sp³-hybridized carbons (Fsp3) is 0.412. The van der Waals surface area contributed by atoms with Crippen LogP contribution < -0.4 is 5.32 Å². The summed E-state index contributed by atoms with van der Waals surface area (Å²) in [7, 11) is 0. The first-order chi connectivity index (χ1) is 11.1. The molecule has 1 saturated heterocycles. The van der Waals surface area contributed by atoms with Crippen molar-refractivity contribution in [1.29, 1.82) is 0 Å². The lowest BCUT2D eigenvalue weighted by atomic mass is 9.95. The minimum atomic E-state index is -0.0945. The lowest BCUT2D eigenvalue weighted by Gasteiger charge is -2.30. The second-order valence-corrected chi connectivity index (χ2v) is 7.15. The summed E-state index contributed by atoms with van der Waals surface area (Å²) in [6.07, 6.45) is 2.89. The first-order valence-corrected chi connectivity index (χ1v) is 8.61. The zero-order valence-corrected chi connectivity index (χ0v) is 13.9. The summed E-state index contributed by atoms with van der Waals surface area (Å²) in [5, 5.41) is 3.00. The molecule has 5 nitrogen and oxygen atoms in total. The first kappa shape index (κ1) is 15.8. The summed E-state index contributed by atoms with van der Waals surface area (Å²) in [5.41, 5.74) is 0. The van der Waals surface area contributed by atoms with Crippen LogP contribution in [-0.2, 0) is 11.3 Å². The van der Waals surface area contributed by atoms with Gasteiger partial charge in [0, 0.05) is 28.8 Å². The van der Waals surface area contributed by atoms with Crippen molar-refractivity contribution in [2.75, 3.05) is 13.1 Å². The van der Waals surface area contributed by atoms with Gasteiger partial charge in [0.1, 0.15) is 0 Å². The zero-order chi connectivity index (χ0) is 16.2. The Morgan fingerprint density at radius 2 is 2.09 bits per heavy atom. The average molecular weight is 332 g/mol. The summed E-state index contributed by atoms with van der Waals surface area (Å²) >= 11 is 1.70. The fourth-order valence-electron chi connectivity index (χ4n) is 2.80. The highest BCUT2D eigenvalue weighted by Gasteiger charge is 2.28. The van der Waals surface area contributed by atoms with E-state index >= 15 is 0 Å². The number of nitrogens with one attached hydrogen (secondary N) is 1. The Morgan fingerprint density at radius 3 is 2.70 bits per heavy atom. The molecule has 1 aliphatic heterocycles. The molecule has 6 heteroatoms. The lowest BCUT2D eigenvalue weighted by molar-refractivity contribution is -0.126. The summed E-state index contributed by atoms with van der Waals surface area (Å²) < 4.78 is 5.14. The number of furan rings is 1. The molecule has 0 unspecified atom stereocenters. The van der Waals surface area contributed by atoms with Gasteiger partial charge < -0.3 is 14.6 Å². The first-order valence-electron chi connectivity index (χ1n) is 7.79. The van der Waals surface area contributed by atoms with Crippen molar-refractivity contribution in [2.45, 2.75) is 26.3 Å². The molecule has 1 fully saturated rings. The van der Waals surface area contributed by atoms with Crippen molar-refractivity contribution < 1.29 is 14.0 Å². The number of nitrogens with zero attached hydrogens (tertiary/aromatic N) is 1.